The normalized spacial score (nSPS) is 17.8. The molecule has 0 unspecified atom stereocenters. The first kappa shape index (κ1) is 13.7. The smallest absolute Gasteiger partial charge is 0.317 e. The molecule has 3 nitrogen and oxygen atoms in total. The molecule has 0 heterocycles. The maximum atomic E-state index is 13.0. The van der Waals surface area contributed by atoms with Crippen LogP contribution in [0.2, 0.25) is 0 Å². The third-order valence-corrected chi connectivity index (χ3v) is 3.18. The Morgan fingerprint density at radius 2 is 1.74 bits per heavy atom. The average Bonchev–Trinajstić information content (AvgIpc) is 2.23. The Morgan fingerprint density at radius 1 is 1.21 bits per heavy atom. The van der Waals surface area contributed by atoms with E-state index in [9.17, 15) is 14.0 Å². The van der Waals surface area contributed by atoms with E-state index in [4.69, 9.17) is 4.74 Å². The fraction of sp³-hybridized carbons (Fsp3) is 0.467. The molecule has 1 saturated carbocycles. The second kappa shape index (κ2) is 4.44. The van der Waals surface area contributed by atoms with Gasteiger partial charge in [0.25, 0.3) is 0 Å². The number of Topliss-reactive ketones (excluding diaryl/α,β-unsaturated/α-hetero) is 1. The Kier molecular flexibility index (Phi) is 3.20. The van der Waals surface area contributed by atoms with E-state index < -0.39 is 17.0 Å². The van der Waals surface area contributed by atoms with Gasteiger partial charge in [0.1, 0.15) is 22.6 Å². The van der Waals surface area contributed by atoms with Crippen molar-refractivity contribution in [2.45, 2.75) is 44.6 Å². The summed E-state index contributed by atoms with van der Waals surface area (Å²) in [5.41, 5.74) is -0.899. The highest BCUT2D eigenvalue weighted by molar-refractivity contribution is 6.02. The van der Waals surface area contributed by atoms with Crippen LogP contribution in [0.3, 0.4) is 0 Å². The first-order chi connectivity index (χ1) is 8.73. The minimum atomic E-state index is -0.932. The molecule has 1 aliphatic rings. The van der Waals surface area contributed by atoms with Gasteiger partial charge in [-0.25, -0.2) is 4.39 Å². The molecule has 2 rings (SSSR count). The van der Waals surface area contributed by atoms with Crippen molar-refractivity contribution >= 4 is 11.8 Å². The van der Waals surface area contributed by atoms with Gasteiger partial charge in [-0.1, -0.05) is 12.1 Å². The zero-order valence-corrected chi connectivity index (χ0v) is 11.3. The van der Waals surface area contributed by atoms with E-state index in [-0.39, 0.29) is 24.4 Å². The standard InChI is InChI=1S/C15H17FO3/c1-14(2,3)19-13(18)15(8-12(17)9-15)10-4-6-11(16)7-5-10/h4-7H,8-9H2,1-3H3. The zero-order chi connectivity index (χ0) is 14.3. The molecule has 1 aromatic rings. The number of carbonyl (C=O) groups excluding carboxylic acids is 2. The number of rotatable bonds is 2. The minimum absolute atomic E-state index is 0.0233. The van der Waals surface area contributed by atoms with Gasteiger partial charge in [-0.05, 0) is 38.5 Å². The number of ether oxygens (including phenoxy) is 1. The van der Waals surface area contributed by atoms with Crippen molar-refractivity contribution in [2.24, 2.45) is 0 Å². The average molecular weight is 264 g/mol. The van der Waals surface area contributed by atoms with Crippen molar-refractivity contribution in [3.05, 3.63) is 35.6 Å². The first-order valence-corrected chi connectivity index (χ1v) is 6.24. The maximum Gasteiger partial charge on any atom is 0.317 e. The fourth-order valence-electron chi connectivity index (χ4n) is 2.23. The summed E-state index contributed by atoms with van der Waals surface area (Å²) in [4.78, 5) is 23.7. The molecule has 0 aliphatic heterocycles. The lowest BCUT2D eigenvalue weighted by Gasteiger charge is -2.40. The van der Waals surface area contributed by atoms with Crippen molar-refractivity contribution in [2.75, 3.05) is 0 Å². The Hall–Kier alpha value is -1.71. The lowest BCUT2D eigenvalue weighted by atomic mass is 9.63. The van der Waals surface area contributed by atoms with E-state index >= 15 is 0 Å². The quantitative estimate of drug-likeness (QED) is 0.771. The van der Waals surface area contributed by atoms with E-state index in [2.05, 4.69) is 0 Å². The molecule has 0 aromatic heterocycles. The summed E-state index contributed by atoms with van der Waals surface area (Å²) in [6, 6.07) is 5.69. The number of hydrogen-bond donors (Lipinski definition) is 0. The molecule has 0 bridgehead atoms. The summed E-state index contributed by atoms with van der Waals surface area (Å²) in [6.07, 6.45) is 0.265. The van der Waals surface area contributed by atoms with E-state index in [1.807, 2.05) is 0 Å². The lowest BCUT2D eigenvalue weighted by molar-refractivity contribution is -0.169. The van der Waals surface area contributed by atoms with Crippen LogP contribution in [-0.4, -0.2) is 17.4 Å². The fourth-order valence-corrected chi connectivity index (χ4v) is 2.23. The molecule has 0 spiro atoms. The van der Waals surface area contributed by atoms with Crippen molar-refractivity contribution in [3.8, 4) is 0 Å². The van der Waals surface area contributed by atoms with Gasteiger partial charge in [-0.2, -0.15) is 0 Å². The van der Waals surface area contributed by atoms with Gasteiger partial charge in [0.05, 0.1) is 0 Å². The van der Waals surface area contributed by atoms with Crippen molar-refractivity contribution < 1.29 is 18.7 Å². The Labute approximate surface area is 111 Å². The van der Waals surface area contributed by atoms with Gasteiger partial charge in [0.2, 0.25) is 0 Å². The minimum Gasteiger partial charge on any atom is -0.459 e. The molecule has 1 fully saturated rings. The number of carbonyl (C=O) groups is 2. The van der Waals surface area contributed by atoms with Crippen LogP contribution in [0, 0.1) is 5.82 Å². The largest absolute Gasteiger partial charge is 0.459 e. The third-order valence-electron chi connectivity index (χ3n) is 3.18. The molecular formula is C15H17FO3. The highest BCUT2D eigenvalue weighted by Crippen LogP contribution is 2.43. The van der Waals surface area contributed by atoms with Crippen molar-refractivity contribution in [3.63, 3.8) is 0 Å². The van der Waals surface area contributed by atoms with Gasteiger partial charge in [0, 0.05) is 12.8 Å². The predicted octanol–water partition coefficient (Wildman–Crippen LogP) is 2.77. The monoisotopic (exact) mass is 264 g/mol. The van der Waals surface area contributed by atoms with Gasteiger partial charge in [0.15, 0.2) is 0 Å². The highest BCUT2D eigenvalue weighted by atomic mass is 19.1. The van der Waals surface area contributed by atoms with Crippen LogP contribution in [0.15, 0.2) is 24.3 Å². The van der Waals surface area contributed by atoms with E-state index in [1.54, 1.807) is 32.9 Å². The molecule has 4 heteroatoms. The predicted molar refractivity (Wildman–Crippen MR) is 68.2 cm³/mol. The first-order valence-electron chi connectivity index (χ1n) is 6.24. The third kappa shape index (κ3) is 2.67. The molecule has 1 aromatic carbocycles. The number of esters is 1. The molecular weight excluding hydrogens is 247 g/mol. The van der Waals surface area contributed by atoms with Crippen LogP contribution in [0.5, 0.6) is 0 Å². The van der Waals surface area contributed by atoms with Gasteiger partial charge < -0.3 is 4.74 Å². The summed E-state index contributed by atoms with van der Waals surface area (Å²) in [6.45, 7) is 5.34. The van der Waals surface area contributed by atoms with E-state index in [1.165, 1.54) is 12.1 Å². The number of benzene rings is 1. The number of halogens is 1. The summed E-state index contributed by atoms with van der Waals surface area (Å²) in [7, 11) is 0. The Morgan fingerprint density at radius 3 is 2.16 bits per heavy atom. The van der Waals surface area contributed by atoms with Crippen molar-refractivity contribution in [1.82, 2.24) is 0 Å². The molecule has 1 aliphatic carbocycles. The van der Waals surface area contributed by atoms with Crippen molar-refractivity contribution in [1.29, 1.82) is 0 Å². The second-order valence-electron chi connectivity index (χ2n) is 5.98. The molecule has 19 heavy (non-hydrogen) atoms. The second-order valence-corrected chi connectivity index (χ2v) is 5.98. The topological polar surface area (TPSA) is 43.4 Å². The SMILES string of the molecule is CC(C)(C)OC(=O)C1(c2ccc(F)cc2)CC(=O)C1. The molecule has 0 atom stereocenters. The van der Waals surface area contributed by atoms with Crippen LogP contribution in [0.4, 0.5) is 4.39 Å². The van der Waals surface area contributed by atoms with Crippen LogP contribution in [0.25, 0.3) is 0 Å². The molecule has 0 amide bonds. The van der Waals surface area contributed by atoms with Crippen LogP contribution in [-0.2, 0) is 19.7 Å². The maximum absolute atomic E-state index is 13.0. The van der Waals surface area contributed by atoms with Gasteiger partial charge in [-0.15, -0.1) is 0 Å². The molecule has 102 valence electrons. The molecule has 0 N–H and O–H groups in total. The lowest BCUT2D eigenvalue weighted by Crippen LogP contribution is -2.51. The Balaban J connectivity index is 2.31. The van der Waals surface area contributed by atoms with Gasteiger partial charge >= 0.3 is 5.97 Å². The Bertz CT molecular complexity index is 503. The highest BCUT2D eigenvalue weighted by Gasteiger charge is 2.53. The molecule has 0 saturated heterocycles. The zero-order valence-electron chi connectivity index (χ0n) is 11.3. The summed E-state index contributed by atoms with van der Waals surface area (Å²) >= 11 is 0. The number of hydrogen-bond acceptors (Lipinski definition) is 3. The van der Waals surface area contributed by atoms with E-state index in [0.29, 0.717) is 5.56 Å². The molecule has 0 radical (unpaired) electrons. The summed E-state index contributed by atoms with van der Waals surface area (Å²) in [5, 5.41) is 0. The van der Waals surface area contributed by atoms with Crippen LogP contribution >= 0.6 is 0 Å². The number of ketones is 1. The van der Waals surface area contributed by atoms with E-state index in [0.717, 1.165) is 0 Å². The van der Waals surface area contributed by atoms with Crippen LogP contribution < -0.4 is 0 Å². The summed E-state index contributed by atoms with van der Waals surface area (Å²) in [5.74, 6) is -0.755. The van der Waals surface area contributed by atoms with Gasteiger partial charge in [-0.3, -0.25) is 9.59 Å². The van der Waals surface area contributed by atoms with Crippen LogP contribution in [0.1, 0.15) is 39.2 Å². The summed E-state index contributed by atoms with van der Waals surface area (Å²) < 4.78 is 18.4.